The van der Waals surface area contributed by atoms with Gasteiger partial charge in [-0.2, -0.15) is 0 Å². The largest absolute Gasteiger partial charge is 0.240 e. The van der Waals surface area contributed by atoms with Crippen molar-refractivity contribution >= 4 is 9.92 Å². The van der Waals surface area contributed by atoms with Gasteiger partial charge < -0.3 is 0 Å². The molecule has 17 heavy (non-hydrogen) atoms. The monoisotopic (exact) mass is 252 g/mol. The molecule has 0 saturated heterocycles. The molecule has 0 radical (unpaired) electrons. The molecule has 4 heteroatoms. The van der Waals surface area contributed by atoms with E-state index in [1.54, 1.807) is 4.31 Å². The maximum atomic E-state index is 11.8. The van der Waals surface area contributed by atoms with Gasteiger partial charge in [-0.1, -0.05) is 32.0 Å². The van der Waals surface area contributed by atoms with E-state index < -0.39 is 9.92 Å². The van der Waals surface area contributed by atoms with Crippen molar-refractivity contribution in [3.05, 3.63) is 34.9 Å². The van der Waals surface area contributed by atoms with Crippen LogP contribution in [0.25, 0.3) is 0 Å². The van der Waals surface area contributed by atoms with E-state index in [1.165, 1.54) is 22.9 Å². The van der Waals surface area contributed by atoms with Crippen molar-refractivity contribution in [3.8, 4) is 0 Å². The van der Waals surface area contributed by atoms with Crippen molar-refractivity contribution in [2.45, 2.75) is 32.7 Å². The fourth-order valence-electron chi connectivity index (χ4n) is 2.21. The van der Waals surface area contributed by atoms with Crippen LogP contribution >= 0.6 is 0 Å². The number of fused-ring (bicyclic) bond motifs is 1. The smallest absolute Gasteiger partial charge is 0.105 e. The summed E-state index contributed by atoms with van der Waals surface area (Å²) in [5.74, 6) is 0.512. The molecular formula is C13H20N2OS. The zero-order chi connectivity index (χ0) is 12.6. The standard InChI is InChI=1S/C13H20N2OS/c1-10(2)12-5-4-11-6-7-15(17(3,14)16)9-13(11)8-12/h4-5,8,10,14H,6-7,9H2,1-3H3. The molecule has 94 valence electrons. The predicted octanol–water partition coefficient (Wildman–Crippen LogP) is 2.76. The Balaban J connectivity index is 2.33. The summed E-state index contributed by atoms with van der Waals surface area (Å²) in [6.45, 7) is 5.73. The Morgan fingerprint density at radius 3 is 2.65 bits per heavy atom. The van der Waals surface area contributed by atoms with Gasteiger partial charge in [-0.15, -0.1) is 0 Å². The van der Waals surface area contributed by atoms with Gasteiger partial charge in [0, 0.05) is 19.3 Å². The third-order valence-electron chi connectivity index (χ3n) is 3.37. The highest BCUT2D eigenvalue weighted by molar-refractivity contribution is 7.89. The second-order valence-electron chi connectivity index (χ2n) is 5.10. The molecule has 1 aliphatic rings. The summed E-state index contributed by atoms with van der Waals surface area (Å²) in [7, 11) is -2.57. The van der Waals surface area contributed by atoms with Crippen LogP contribution in [0, 0.1) is 4.78 Å². The summed E-state index contributed by atoms with van der Waals surface area (Å²) in [4.78, 5) is 0. The van der Waals surface area contributed by atoms with Crippen LogP contribution in [0.15, 0.2) is 18.2 Å². The van der Waals surface area contributed by atoms with Gasteiger partial charge in [0.1, 0.15) is 9.92 Å². The average Bonchev–Trinajstić information content (AvgIpc) is 2.26. The van der Waals surface area contributed by atoms with E-state index >= 15 is 0 Å². The first-order chi connectivity index (χ1) is 7.88. The summed E-state index contributed by atoms with van der Waals surface area (Å²) >= 11 is 0. The van der Waals surface area contributed by atoms with Crippen molar-refractivity contribution in [2.75, 3.05) is 12.8 Å². The molecule has 2 rings (SSSR count). The lowest BCUT2D eigenvalue weighted by molar-refractivity contribution is 0.416. The summed E-state index contributed by atoms with van der Waals surface area (Å²) in [5.41, 5.74) is 3.90. The molecule has 0 aliphatic carbocycles. The molecule has 0 bridgehead atoms. The summed E-state index contributed by atoms with van der Waals surface area (Å²) in [6.07, 6.45) is 2.40. The molecule has 3 nitrogen and oxygen atoms in total. The Morgan fingerprint density at radius 2 is 2.06 bits per heavy atom. The number of nitrogens with zero attached hydrogens (tertiary/aromatic N) is 1. The highest BCUT2D eigenvalue weighted by Crippen LogP contribution is 2.25. The van der Waals surface area contributed by atoms with E-state index in [2.05, 4.69) is 32.0 Å². The Labute approximate surface area is 104 Å². The Morgan fingerprint density at radius 1 is 1.35 bits per heavy atom. The van der Waals surface area contributed by atoms with Gasteiger partial charge in [0.2, 0.25) is 0 Å². The van der Waals surface area contributed by atoms with Crippen molar-refractivity contribution in [1.82, 2.24) is 4.31 Å². The molecule has 0 saturated carbocycles. The molecule has 1 heterocycles. The zero-order valence-corrected chi connectivity index (χ0v) is 11.5. The molecule has 1 aliphatic heterocycles. The second-order valence-corrected chi connectivity index (χ2v) is 7.22. The lowest BCUT2D eigenvalue weighted by Gasteiger charge is -2.29. The van der Waals surface area contributed by atoms with Gasteiger partial charge in [0.15, 0.2) is 0 Å². The van der Waals surface area contributed by atoms with Crippen LogP contribution in [0.4, 0.5) is 0 Å². The topological polar surface area (TPSA) is 44.2 Å². The van der Waals surface area contributed by atoms with Crippen LogP contribution < -0.4 is 0 Å². The summed E-state index contributed by atoms with van der Waals surface area (Å²) in [6, 6.07) is 6.57. The predicted molar refractivity (Wildman–Crippen MR) is 71.4 cm³/mol. The van der Waals surface area contributed by atoms with E-state index in [1.807, 2.05) is 0 Å². The molecule has 0 aromatic heterocycles. The number of hydrogen-bond donors (Lipinski definition) is 1. The second kappa shape index (κ2) is 4.42. The minimum Gasteiger partial charge on any atom is -0.240 e. The van der Waals surface area contributed by atoms with Crippen LogP contribution in [0.2, 0.25) is 0 Å². The first-order valence-corrected chi connectivity index (χ1v) is 7.91. The molecule has 0 amide bonds. The van der Waals surface area contributed by atoms with E-state index in [0.717, 1.165) is 13.0 Å². The van der Waals surface area contributed by atoms with Crippen LogP contribution in [0.5, 0.6) is 0 Å². The molecule has 1 atom stereocenters. The van der Waals surface area contributed by atoms with Crippen molar-refractivity contribution in [1.29, 1.82) is 4.78 Å². The lowest BCUT2D eigenvalue weighted by atomic mass is 9.94. The quantitative estimate of drug-likeness (QED) is 0.864. The fourth-order valence-corrected chi connectivity index (χ4v) is 3.03. The number of benzene rings is 1. The minimum atomic E-state index is -2.57. The van der Waals surface area contributed by atoms with Gasteiger partial charge in [-0.05, 0) is 29.0 Å². The molecule has 1 N–H and O–H groups in total. The Bertz CT molecular complexity index is 520. The van der Waals surface area contributed by atoms with Gasteiger partial charge in [0.25, 0.3) is 0 Å². The van der Waals surface area contributed by atoms with E-state index in [-0.39, 0.29) is 0 Å². The fraction of sp³-hybridized carbons (Fsp3) is 0.538. The van der Waals surface area contributed by atoms with Crippen molar-refractivity contribution in [3.63, 3.8) is 0 Å². The first-order valence-electron chi connectivity index (χ1n) is 5.98. The molecule has 1 unspecified atom stereocenters. The van der Waals surface area contributed by atoms with Crippen LogP contribution in [-0.2, 0) is 22.9 Å². The van der Waals surface area contributed by atoms with Gasteiger partial charge in [0.05, 0.1) is 0 Å². The lowest BCUT2D eigenvalue weighted by Crippen LogP contribution is -2.34. The Hall–Kier alpha value is -0.870. The maximum absolute atomic E-state index is 11.8. The highest BCUT2D eigenvalue weighted by Gasteiger charge is 2.21. The van der Waals surface area contributed by atoms with Gasteiger partial charge in [-0.25, -0.2) is 13.3 Å². The van der Waals surface area contributed by atoms with Crippen molar-refractivity contribution in [2.24, 2.45) is 0 Å². The normalized spacial score (nSPS) is 20.0. The first kappa shape index (κ1) is 12.6. The summed E-state index contributed by atoms with van der Waals surface area (Å²) < 4.78 is 21.2. The summed E-state index contributed by atoms with van der Waals surface area (Å²) in [5, 5.41) is 0. The molecule has 0 spiro atoms. The number of rotatable bonds is 2. The van der Waals surface area contributed by atoms with E-state index in [4.69, 9.17) is 4.78 Å². The van der Waals surface area contributed by atoms with Crippen molar-refractivity contribution < 1.29 is 4.21 Å². The van der Waals surface area contributed by atoms with Gasteiger partial charge >= 0.3 is 0 Å². The SMILES string of the molecule is CC(C)c1ccc2c(c1)CN(S(C)(=N)=O)CC2. The molecular weight excluding hydrogens is 232 g/mol. The third kappa shape index (κ3) is 2.69. The third-order valence-corrected chi connectivity index (χ3v) is 4.66. The van der Waals surface area contributed by atoms with Crippen LogP contribution in [0.3, 0.4) is 0 Å². The van der Waals surface area contributed by atoms with Crippen LogP contribution in [-0.4, -0.2) is 21.3 Å². The minimum absolute atomic E-state index is 0.512. The highest BCUT2D eigenvalue weighted by atomic mass is 32.2. The van der Waals surface area contributed by atoms with E-state index in [0.29, 0.717) is 12.5 Å². The zero-order valence-electron chi connectivity index (χ0n) is 10.7. The average molecular weight is 252 g/mol. The van der Waals surface area contributed by atoms with Gasteiger partial charge in [-0.3, -0.25) is 0 Å². The number of nitrogens with one attached hydrogen (secondary N) is 1. The van der Waals surface area contributed by atoms with E-state index in [9.17, 15) is 4.21 Å². The molecule has 1 aromatic rings. The maximum Gasteiger partial charge on any atom is 0.105 e. The molecule has 0 fully saturated rings. The number of hydrogen-bond acceptors (Lipinski definition) is 2. The molecule has 1 aromatic carbocycles. The Kier molecular flexibility index (Phi) is 3.27. The van der Waals surface area contributed by atoms with Crippen LogP contribution in [0.1, 0.15) is 36.5 Å².